The maximum Gasteiger partial charge on any atom is 0.320 e. The first-order valence-electron chi connectivity index (χ1n) is 8.55. The van der Waals surface area contributed by atoms with Crippen molar-refractivity contribution in [2.75, 3.05) is 26.2 Å². The SMILES string of the molecule is CCCC(NCC(=O)NCCCN1CCCCCC1=O)C(=O)O. The van der Waals surface area contributed by atoms with Gasteiger partial charge in [-0.15, -0.1) is 0 Å². The first-order valence-corrected chi connectivity index (χ1v) is 8.55. The van der Waals surface area contributed by atoms with Gasteiger partial charge in [0.2, 0.25) is 11.8 Å². The third-order valence-corrected chi connectivity index (χ3v) is 3.98. The molecule has 7 nitrogen and oxygen atoms in total. The second-order valence-electron chi connectivity index (χ2n) is 5.96. The Morgan fingerprint density at radius 1 is 1.30 bits per heavy atom. The molecular formula is C16H29N3O4. The summed E-state index contributed by atoms with van der Waals surface area (Å²) in [5.74, 6) is -0.937. The summed E-state index contributed by atoms with van der Waals surface area (Å²) in [4.78, 5) is 36.4. The molecule has 0 saturated carbocycles. The van der Waals surface area contributed by atoms with Crippen molar-refractivity contribution in [2.24, 2.45) is 0 Å². The highest BCUT2D eigenvalue weighted by Gasteiger charge is 2.17. The number of rotatable bonds is 10. The van der Waals surface area contributed by atoms with Gasteiger partial charge in [0.15, 0.2) is 0 Å². The number of aliphatic carboxylic acids is 1. The monoisotopic (exact) mass is 327 g/mol. The molecular weight excluding hydrogens is 298 g/mol. The lowest BCUT2D eigenvalue weighted by molar-refractivity contribution is -0.139. The molecule has 1 fully saturated rings. The van der Waals surface area contributed by atoms with Gasteiger partial charge >= 0.3 is 5.97 Å². The smallest absolute Gasteiger partial charge is 0.320 e. The highest BCUT2D eigenvalue weighted by atomic mass is 16.4. The molecule has 0 bridgehead atoms. The van der Waals surface area contributed by atoms with Crippen LogP contribution in [-0.4, -0.2) is 60.0 Å². The molecule has 1 unspecified atom stereocenters. The van der Waals surface area contributed by atoms with Crippen LogP contribution in [0.1, 0.15) is 51.9 Å². The molecule has 3 N–H and O–H groups in total. The molecule has 0 spiro atoms. The second-order valence-corrected chi connectivity index (χ2v) is 5.96. The molecule has 2 amide bonds. The van der Waals surface area contributed by atoms with Crippen LogP contribution in [0.15, 0.2) is 0 Å². The van der Waals surface area contributed by atoms with Gasteiger partial charge < -0.3 is 15.3 Å². The minimum atomic E-state index is -0.931. The van der Waals surface area contributed by atoms with Crippen molar-refractivity contribution >= 4 is 17.8 Å². The zero-order valence-corrected chi connectivity index (χ0v) is 14.0. The van der Waals surface area contributed by atoms with Gasteiger partial charge in [-0.2, -0.15) is 0 Å². The van der Waals surface area contributed by atoms with Crippen molar-refractivity contribution in [3.63, 3.8) is 0 Å². The second kappa shape index (κ2) is 11.0. The lowest BCUT2D eigenvalue weighted by atomic mass is 10.2. The van der Waals surface area contributed by atoms with Crippen molar-refractivity contribution in [1.29, 1.82) is 0 Å². The average molecular weight is 327 g/mol. The molecule has 0 aliphatic carbocycles. The fourth-order valence-electron chi connectivity index (χ4n) is 2.65. The Balaban J connectivity index is 2.15. The topological polar surface area (TPSA) is 98.7 Å². The maximum atomic E-state index is 11.8. The van der Waals surface area contributed by atoms with E-state index in [-0.39, 0.29) is 18.4 Å². The van der Waals surface area contributed by atoms with Crippen LogP contribution in [-0.2, 0) is 14.4 Å². The van der Waals surface area contributed by atoms with Gasteiger partial charge in [-0.25, -0.2) is 0 Å². The molecule has 1 heterocycles. The predicted octanol–water partition coefficient (Wildman–Crippen LogP) is 0.738. The third-order valence-electron chi connectivity index (χ3n) is 3.98. The van der Waals surface area contributed by atoms with Crippen LogP contribution in [0.5, 0.6) is 0 Å². The summed E-state index contributed by atoms with van der Waals surface area (Å²) in [5, 5.41) is 14.5. The van der Waals surface area contributed by atoms with E-state index < -0.39 is 12.0 Å². The van der Waals surface area contributed by atoms with E-state index in [0.717, 1.165) is 38.6 Å². The van der Waals surface area contributed by atoms with Crippen LogP contribution in [0.2, 0.25) is 0 Å². The Bertz CT molecular complexity index is 401. The van der Waals surface area contributed by atoms with Gasteiger partial charge in [-0.1, -0.05) is 19.8 Å². The number of hydrogen-bond acceptors (Lipinski definition) is 4. The van der Waals surface area contributed by atoms with E-state index in [9.17, 15) is 14.4 Å². The summed E-state index contributed by atoms with van der Waals surface area (Å²) in [6.45, 7) is 3.88. The molecule has 0 aromatic carbocycles. The van der Waals surface area contributed by atoms with E-state index >= 15 is 0 Å². The number of amides is 2. The van der Waals surface area contributed by atoms with E-state index in [1.54, 1.807) is 0 Å². The summed E-state index contributed by atoms with van der Waals surface area (Å²) >= 11 is 0. The summed E-state index contributed by atoms with van der Waals surface area (Å²) in [6, 6.07) is -0.680. The van der Waals surface area contributed by atoms with Crippen LogP contribution >= 0.6 is 0 Å². The van der Waals surface area contributed by atoms with Crippen LogP contribution in [0.3, 0.4) is 0 Å². The van der Waals surface area contributed by atoms with Crippen LogP contribution in [0.25, 0.3) is 0 Å². The average Bonchev–Trinajstić information content (AvgIpc) is 2.72. The zero-order chi connectivity index (χ0) is 17.1. The van der Waals surface area contributed by atoms with Crippen molar-refractivity contribution in [1.82, 2.24) is 15.5 Å². The summed E-state index contributed by atoms with van der Waals surface area (Å²) in [5.41, 5.74) is 0. The number of carboxylic acid groups (broad SMARTS) is 1. The third kappa shape index (κ3) is 7.97. The Hall–Kier alpha value is -1.63. The predicted molar refractivity (Wildman–Crippen MR) is 87.0 cm³/mol. The lowest BCUT2D eigenvalue weighted by Gasteiger charge is -2.20. The van der Waals surface area contributed by atoms with E-state index in [2.05, 4.69) is 10.6 Å². The van der Waals surface area contributed by atoms with Gasteiger partial charge in [0, 0.05) is 26.1 Å². The minimum absolute atomic E-state index is 0.000385. The standard InChI is InChI=1S/C16H29N3O4/c1-2-7-13(16(22)23)18-12-14(20)17-9-6-11-19-10-5-3-4-8-15(19)21/h13,18H,2-12H2,1H3,(H,17,20)(H,22,23). The number of hydrogen-bond donors (Lipinski definition) is 3. The van der Waals surface area contributed by atoms with Gasteiger partial charge in [0.1, 0.15) is 6.04 Å². The van der Waals surface area contributed by atoms with Crippen LogP contribution < -0.4 is 10.6 Å². The molecule has 0 radical (unpaired) electrons. The quantitative estimate of drug-likeness (QED) is 0.514. The number of likely N-dealkylation sites (tertiary alicyclic amines) is 1. The Labute approximate surface area is 137 Å². The Morgan fingerprint density at radius 2 is 2.09 bits per heavy atom. The van der Waals surface area contributed by atoms with Gasteiger partial charge in [0.05, 0.1) is 6.54 Å². The molecule has 1 aliphatic heterocycles. The minimum Gasteiger partial charge on any atom is -0.480 e. The first-order chi connectivity index (χ1) is 11.0. The Morgan fingerprint density at radius 3 is 2.78 bits per heavy atom. The normalized spacial score (nSPS) is 16.7. The van der Waals surface area contributed by atoms with E-state index in [0.29, 0.717) is 25.9 Å². The molecule has 1 saturated heterocycles. The van der Waals surface area contributed by atoms with Gasteiger partial charge in [-0.3, -0.25) is 19.7 Å². The molecule has 7 heteroatoms. The molecule has 132 valence electrons. The molecule has 1 aliphatic rings. The van der Waals surface area contributed by atoms with E-state index in [1.807, 2.05) is 11.8 Å². The van der Waals surface area contributed by atoms with Crippen molar-refractivity contribution in [2.45, 2.75) is 57.9 Å². The van der Waals surface area contributed by atoms with Crippen LogP contribution in [0, 0.1) is 0 Å². The Kier molecular flexibility index (Phi) is 9.28. The zero-order valence-electron chi connectivity index (χ0n) is 14.0. The fourth-order valence-corrected chi connectivity index (χ4v) is 2.65. The summed E-state index contributed by atoms with van der Waals surface area (Å²) in [6.07, 6.45) is 5.72. The van der Waals surface area contributed by atoms with Crippen molar-refractivity contribution in [3.8, 4) is 0 Å². The number of carbonyl (C=O) groups excluding carboxylic acids is 2. The molecule has 0 aromatic heterocycles. The highest BCUT2D eigenvalue weighted by molar-refractivity contribution is 5.79. The molecule has 1 rings (SSSR count). The van der Waals surface area contributed by atoms with E-state index in [1.165, 1.54) is 0 Å². The van der Waals surface area contributed by atoms with Crippen molar-refractivity contribution in [3.05, 3.63) is 0 Å². The first kappa shape index (κ1) is 19.4. The summed E-state index contributed by atoms with van der Waals surface area (Å²) in [7, 11) is 0. The van der Waals surface area contributed by atoms with Crippen LogP contribution in [0.4, 0.5) is 0 Å². The van der Waals surface area contributed by atoms with Gasteiger partial charge in [-0.05, 0) is 25.7 Å². The number of carboxylic acids is 1. The highest BCUT2D eigenvalue weighted by Crippen LogP contribution is 2.11. The molecule has 1 atom stereocenters. The summed E-state index contributed by atoms with van der Waals surface area (Å²) < 4.78 is 0. The van der Waals surface area contributed by atoms with Crippen molar-refractivity contribution < 1.29 is 19.5 Å². The lowest BCUT2D eigenvalue weighted by Crippen LogP contribution is -2.43. The van der Waals surface area contributed by atoms with Gasteiger partial charge in [0.25, 0.3) is 0 Å². The number of carbonyl (C=O) groups is 3. The largest absolute Gasteiger partial charge is 0.480 e. The maximum absolute atomic E-state index is 11.8. The molecule has 0 aromatic rings. The fraction of sp³-hybridized carbons (Fsp3) is 0.812. The molecule has 23 heavy (non-hydrogen) atoms. The number of nitrogens with zero attached hydrogens (tertiary/aromatic N) is 1. The number of nitrogens with one attached hydrogen (secondary N) is 2. The van der Waals surface area contributed by atoms with E-state index in [4.69, 9.17) is 5.11 Å².